The van der Waals surface area contributed by atoms with Crippen LogP contribution >= 0.6 is 0 Å². The topological polar surface area (TPSA) is 24.1 Å². The van der Waals surface area contributed by atoms with Crippen molar-refractivity contribution >= 4 is 0 Å². The summed E-state index contributed by atoms with van der Waals surface area (Å²) in [5.74, 6) is 0. The molecule has 1 aromatic rings. The summed E-state index contributed by atoms with van der Waals surface area (Å²) in [4.78, 5) is 0. The Labute approximate surface area is 97.4 Å². The maximum absolute atomic E-state index is 3.68. The molecule has 1 aromatic carbocycles. The van der Waals surface area contributed by atoms with E-state index in [9.17, 15) is 0 Å². The molecule has 3 rings (SSSR count). The molecule has 2 aliphatic heterocycles. The molecule has 0 bridgehead atoms. The van der Waals surface area contributed by atoms with Gasteiger partial charge in [-0.3, -0.25) is 0 Å². The lowest BCUT2D eigenvalue weighted by atomic mass is 9.86. The zero-order valence-electron chi connectivity index (χ0n) is 9.71. The second-order valence-corrected chi connectivity index (χ2v) is 4.94. The van der Waals surface area contributed by atoms with Gasteiger partial charge in [0.15, 0.2) is 0 Å². The highest BCUT2D eigenvalue weighted by Gasteiger charge is 2.27. The molecule has 86 valence electrons. The van der Waals surface area contributed by atoms with Crippen molar-refractivity contribution in [2.24, 2.45) is 0 Å². The molecule has 16 heavy (non-hydrogen) atoms. The Morgan fingerprint density at radius 2 is 1.94 bits per heavy atom. The summed E-state index contributed by atoms with van der Waals surface area (Å²) >= 11 is 0. The Morgan fingerprint density at radius 3 is 2.81 bits per heavy atom. The van der Waals surface area contributed by atoms with E-state index in [0.29, 0.717) is 12.1 Å². The van der Waals surface area contributed by atoms with Gasteiger partial charge >= 0.3 is 0 Å². The maximum atomic E-state index is 3.68. The number of benzene rings is 1. The van der Waals surface area contributed by atoms with Crippen molar-refractivity contribution in [1.29, 1.82) is 0 Å². The van der Waals surface area contributed by atoms with Crippen LogP contribution in [-0.4, -0.2) is 19.1 Å². The molecule has 2 N–H and O–H groups in total. The van der Waals surface area contributed by atoms with Gasteiger partial charge in [0, 0.05) is 12.1 Å². The first-order valence-corrected chi connectivity index (χ1v) is 6.50. The molecule has 0 aromatic heterocycles. The molecular weight excluding hydrogens is 196 g/mol. The van der Waals surface area contributed by atoms with Crippen LogP contribution in [-0.2, 0) is 6.42 Å². The zero-order valence-corrected chi connectivity index (χ0v) is 9.71. The van der Waals surface area contributed by atoms with Gasteiger partial charge < -0.3 is 10.6 Å². The van der Waals surface area contributed by atoms with E-state index in [-0.39, 0.29) is 0 Å². The lowest BCUT2D eigenvalue weighted by molar-refractivity contribution is 0.307. The van der Waals surface area contributed by atoms with Gasteiger partial charge in [0.25, 0.3) is 0 Å². The van der Waals surface area contributed by atoms with Gasteiger partial charge in [-0.1, -0.05) is 30.7 Å². The molecule has 2 nitrogen and oxygen atoms in total. The van der Waals surface area contributed by atoms with Crippen LogP contribution in [0.5, 0.6) is 0 Å². The molecule has 0 radical (unpaired) electrons. The summed E-state index contributed by atoms with van der Waals surface area (Å²) in [7, 11) is 0. The zero-order chi connectivity index (χ0) is 10.8. The third-order valence-electron chi connectivity index (χ3n) is 3.90. The molecule has 2 heterocycles. The van der Waals surface area contributed by atoms with E-state index in [1.807, 2.05) is 0 Å². The Balaban J connectivity index is 1.86. The first-order valence-electron chi connectivity index (χ1n) is 6.50. The van der Waals surface area contributed by atoms with Gasteiger partial charge in [-0.25, -0.2) is 0 Å². The first-order chi connectivity index (χ1) is 7.95. The molecule has 0 amide bonds. The van der Waals surface area contributed by atoms with E-state index in [2.05, 4.69) is 34.9 Å². The normalized spacial score (nSPS) is 29.8. The summed E-state index contributed by atoms with van der Waals surface area (Å²) in [5.41, 5.74) is 3.06. The highest BCUT2D eigenvalue weighted by molar-refractivity contribution is 5.33. The standard InChI is InChI=1S/C14H20N2/c1-2-6-12-11(5-1)8-10-16-14(12)13-7-3-4-9-15-13/h1-2,5-6,13-16H,3-4,7-10H2. The van der Waals surface area contributed by atoms with E-state index < -0.39 is 0 Å². The molecule has 2 atom stereocenters. The SMILES string of the molecule is c1ccc2c(c1)CCNC2C1CCCCN1. The van der Waals surface area contributed by atoms with E-state index in [4.69, 9.17) is 0 Å². The molecule has 0 aliphatic carbocycles. The number of hydrogen-bond acceptors (Lipinski definition) is 2. The van der Waals surface area contributed by atoms with Crippen molar-refractivity contribution < 1.29 is 0 Å². The van der Waals surface area contributed by atoms with Crippen molar-refractivity contribution in [2.45, 2.75) is 37.8 Å². The molecule has 0 spiro atoms. The summed E-state index contributed by atoms with van der Waals surface area (Å²) in [5, 5.41) is 7.35. The minimum absolute atomic E-state index is 0.533. The second-order valence-electron chi connectivity index (χ2n) is 4.94. The highest BCUT2D eigenvalue weighted by atomic mass is 15.0. The fraction of sp³-hybridized carbons (Fsp3) is 0.571. The quantitative estimate of drug-likeness (QED) is 0.750. The molecule has 2 unspecified atom stereocenters. The lowest BCUT2D eigenvalue weighted by Crippen LogP contribution is -2.46. The van der Waals surface area contributed by atoms with Crippen LogP contribution in [0.1, 0.15) is 36.4 Å². The van der Waals surface area contributed by atoms with Crippen molar-refractivity contribution in [3.8, 4) is 0 Å². The molecule has 2 aliphatic rings. The molecule has 1 fully saturated rings. The fourth-order valence-electron chi connectivity index (χ4n) is 3.06. The predicted octanol–water partition coefficient (Wildman–Crippen LogP) is 2.02. The summed E-state index contributed by atoms with van der Waals surface area (Å²) < 4.78 is 0. The molecule has 0 saturated carbocycles. The smallest absolute Gasteiger partial charge is 0.0478 e. The van der Waals surface area contributed by atoms with Crippen LogP contribution in [0.25, 0.3) is 0 Å². The second kappa shape index (κ2) is 4.56. The van der Waals surface area contributed by atoms with Gasteiger partial charge in [-0.15, -0.1) is 0 Å². The Morgan fingerprint density at radius 1 is 1.00 bits per heavy atom. The Kier molecular flexibility index (Phi) is 2.94. The average Bonchev–Trinajstić information content (AvgIpc) is 2.39. The highest BCUT2D eigenvalue weighted by Crippen LogP contribution is 2.28. The number of piperidine rings is 1. The van der Waals surface area contributed by atoms with E-state index in [1.165, 1.54) is 37.8 Å². The van der Waals surface area contributed by atoms with Crippen molar-refractivity contribution in [1.82, 2.24) is 10.6 Å². The van der Waals surface area contributed by atoms with E-state index in [1.54, 1.807) is 5.56 Å². The number of fused-ring (bicyclic) bond motifs is 1. The van der Waals surface area contributed by atoms with Crippen LogP contribution < -0.4 is 10.6 Å². The number of hydrogen-bond donors (Lipinski definition) is 2. The number of rotatable bonds is 1. The number of nitrogens with one attached hydrogen (secondary N) is 2. The van der Waals surface area contributed by atoms with E-state index >= 15 is 0 Å². The van der Waals surface area contributed by atoms with Gasteiger partial charge in [0.05, 0.1) is 0 Å². The molecule has 2 heteroatoms. The molecule has 1 saturated heterocycles. The monoisotopic (exact) mass is 216 g/mol. The van der Waals surface area contributed by atoms with Crippen LogP contribution in [0.15, 0.2) is 24.3 Å². The predicted molar refractivity (Wildman–Crippen MR) is 66.5 cm³/mol. The van der Waals surface area contributed by atoms with Crippen molar-refractivity contribution in [2.75, 3.05) is 13.1 Å². The summed E-state index contributed by atoms with van der Waals surface area (Å²) in [6.45, 7) is 2.31. The lowest BCUT2D eigenvalue weighted by Gasteiger charge is -2.36. The summed E-state index contributed by atoms with van der Waals surface area (Å²) in [6, 6.07) is 10.1. The van der Waals surface area contributed by atoms with Gasteiger partial charge in [0.1, 0.15) is 0 Å². The largest absolute Gasteiger partial charge is 0.312 e. The third-order valence-corrected chi connectivity index (χ3v) is 3.90. The Bertz CT molecular complexity index is 356. The van der Waals surface area contributed by atoms with Crippen LogP contribution in [0.4, 0.5) is 0 Å². The van der Waals surface area contributed by atoms with Crippen LogP contribution in [0, 0.1) is 0 Å². The minimum Gasteiger partial charge on any atom is -0.312 e. The van der Waals surface area contributed by atoms with Crippen molar-refractivity contribution in [3.63, 3.8) is 0 Å². The van der Waals surface area contributed by atoms with Gasteiger partial charge in [0.2, 0.25) is 0 Å². The third kappa shape index (κ3) is 1.87. The maximum Gasteiger partial charge on any atom is 0.0478 e. The van der Waals surface area contributed by atoms with Gasteiger partial charge in [-0.05, 0) is 43.5 Å². The average molecular weight is 216 g/mol. The Hall–Kier alpha value is -0.860. The summed E-state index contributed by atoms with van der Waals surface area (Å²) in [6.07, 6.45) is 5.20. The van der Waals surface area contributed by atoms with Gasteiger partial charge in [-0.2, -0.15) is 0 Å². The molecular formula is C14H20N2. The van der Waals surface area contributed by atoms with Crippen LogP contribution in [0.2, 0.25) is 0 Å². The van der Waals surface area contributed by atoms with Crippen LogP contribution in [0.3, 0.4) is 0 Å². The minimum atomic E-state index is 0.533. The van der Waals surface area contributed by atoms with E-state index in [0.717, 1.165) is 6.54 Å². The first kappa shape index (κ1) is 10.3. The fourth-order valence-corrected chi connectivity index (χ4v) is 3.06. The van der Waals surface area contributed by atoms with Crippen molar-refractivity contribution in [3.05, 3.63) is 35.4 Å².